The SMILES string of the molecule is Nc1ccc(OCCS(=O)(=O)Nc2ccc(Cl)nn2)cc1. The number of nitrogens with two attached hydrogens (primary N) is 1. The van der Waals surface area contributed by atoms with Gasteiger partial charge < -0.3 is 10.5 Å². The van der Waals surface area contributed by atoms with Crippen molar-refractivity contribution in [2.45, 2.75) is 0 Å². The molecule has 112 valence electrons. The maximum absolute atomic E-state index is 11.8. The summed E-state index contributed by atoms with van der Waals surface area (Å²) < 4.78 is 31.2. The number of anilines is 2. The average molecular weight is 329 g/mol. The van der Waals surface area contributed by atoms with Crippen LogP contribution in [0.3, 0.4) is 0 Å². The summed E-state index contributed by atoms with van der Waals surface area (Å²) in [6.07, 6.45) is 0. The van der Waals surface area contributed by atoms with Crippen LogP contribution in [0, 0.1) is 0 Å². The Kier molecular flexibility index (Phi) is 4.81. The number of aromatic nitrogens is 2. The molecule has 0 radical (unpaired) electrons. The second-order valence-electron chi connectivity index (χ2n) is 4.08. The van der Waals surface area contributed by atoms with E-state index in [0.717, 1.165) is 0 Å². The second-order valence-corrected chi connectivity index (χ2v) is 6.31. The summed E-state index contributed by atoms with van der Waals surface area (Å²) in [6, 6.07) is 9.54. The van der Waals surface area contributed by atoms with E-state index in [2.05, 4.69) is 14.9 Å². The van der Waals surface area contributed by atoms with Crippen LogP contribution in [-0.2, 0) is 10.0 Å². The molecule has 0 unspecified atom stereocenters. The van der Waals surface area contributed by atoms with Gasteiger partial charge in [0.15, 0.2) is 11.0 Å². The summed E-state index contributed by atoms with van der Waals surface area (Å²) in [6.45, 7) is 0.000268. The topological polar surface area (TPSA) is 107 Å². The van der Waals surface area contributed by atoms with Gasteiger partial charge in [-0.3, -0.25) is 4.72 Å². The Morgan fingerprint density at radius 2 is 1.86 bits per heavy atom. The number of nitrogens with one attached hydrogen (secondary N) is 1. The lowest BCUT2D eigenvalue weighted by Gasteiger charge is -2.08. The molecule has 3 N–H and O–H groups in total. The third kappa shape index (κ3) is 5.09. The van der Waals surface area contributed by atoms with Gasteiger partial charge in [0.1, 0.15) is 18.1 Å². The third-order valence-corrected chi connectivity index (χ3v) is 3.82. The molecule has 1 heterocycles. The Bertz CT molecular complexity index is 689. The van der Waals surface area contributed by atoms with E-state index in [9.17, 15) is 8.42 Å². The zero-order valence-corrected chi connectivity index (χ0v) is 12.4. The van der Waals surface area contributed by atoms with E-state index in [1.165, 1.54) is 12.1 Å². The number of hydrogen-bond donors (Lipinski definition) is 2. The van der Waals surface area contributed by atoms with Gasteiger partial charge in [-0.1, -0.05) is 11.6 Å². The fourth-order valence-corrected chi connectivity index (χ4v) is 2.35. The molecule has 0 fully saturated rings. The molecule has 0 saturated carbocycles. The molecule has 0 aliphatic heterocycles. The molecule has 2 aromatic rings. The van der Waals surface area contributed by atoms with Crippen LogP contribution in [-0.4, -0.2) is 31.0 Å². The molecule has 0 atom stereocenters. The Hall–Kier alpha value is -2.06. The van der Waals surface area contributed by atoms with Gasteiger partial charge in [0.25, 0.3) is 0 Å². The number of ether oxygens (including phenoxy) is 1. The van der Waals surface area contributed by atoms with Crippen LogP contribution in [0.25, 0.3) is 0 Å². The lowest BCUT2D eigenvalue weighted by atomic mass is 10.3. The van der Waals surface area contributed by atoms with Crippen molar-refractivity contribution in [2.75, 3.05) is 22.8 Å². The van der Waals surface area contributed by atoms with E-state index >= 15 is 0 Å². The first-order valence-corrected chi connectivity index (χ1v) is 7.96. The monoisotopic (exact) mass is 328 g/mol. The Morgan fingerprint density at radius 3 is 2.48 bits per heavy atom. The van der Waals surface area contributed by atoms with Gasteiger partial charge in [-0.05, 0) is 36.4 Å². The quantitative estimate of drug-likeness (QED) is 0.779. The standard InChI is InChI=1S/C12H13ClN4O3S/c13-11-5-6-12(16-15-11)17-21(18,19)8-7-20-10-3-1-9(14)2-4-10/h1-6H,7-8,14H2,(H,16,17). The number of rotatable bonds is 6. The Labute approximate surface area is 127 Å². The summed E-state index contributed by atoms with van der Waals surface area (Å²) in [5.41, 5.74) is 6.15. The maximum Gasteiger partial charge on any atom is 0.237 e. The molecule has 1 aromatic heterocycles. The molecule has 21 heavy (non-hydrogen) atoms. The van der Waals surface area contributed by atoms with Crippen LogP contribution < -0.4 is 15.2 Å². The van der Waals surface area contributed by atoms with Crippen molar-refractivity contribution in [1.82, 2.24) is 10.2 Å². The lowest BCUT2D eigenvalue weighted by Crippen LogP contribution is -2.22. The van der Waals surface area contributed by atoms with Gasteiger partial charge in [-0.25, -0.2) is 8.42 Å². The van der Waals surface area contributed by atoms with Crippen molar-refractivity contribution in [2.24, 2.45) is 0 Å². The summed E-state index contributed by atoms with van der Waals surface area (Å²) >= 11 is 5.57. The zero-order valence-electron chi connectivity index (χ0n) is 10.9. The highest BCUT2D eigenvalue weighted by Crippen LogP contribution is 2.13. The van der Waals surface area contributed by atoms with Crippen molar-refractivity contribution in [1.29, 1.82) is 0 Å². The van der Waals surface area contributed by atoms with Crippen molar-refractivity contribution in [3.05, 3.63) is 41.6 Å². The number of benzene rings is 1. The van der Waals surface area contributed by atoms with E-state index < -0.39 is 10.0 Å². The first-order chi connectivity index (χ1) is 9.94. The minimum absolute atomic E-state index is 0.000268. The van der Waals surface area contributed by atoms with Crippen LogP contribution in [0.4, 0.5) is 11.5 Å². The molecule has 0 spiro atoms. The average Bonchev–Trinajstić information content (AvgIpc) is 2.43. The third-order valence-electron chi connectivity index (χ3n) is 2.39. The van der Waals surface area contributed by atoms with Crippen LogP contribution in [0.2, 0.25) is 5.15 Å². The van der Waals surface area contributed by atoms with E-state index in [1.807, 2.05) is 0 Å². The van der Waals surface area contributed by atoms with Crippen molar-refractivity contribution < 1.29 is 13.2 Å². The van der Waals surface area contributed by atoms with E-state index in [-0.39, 0.29) is 23.3 Å². The smallest absolute Gasteiger partial charge is 0.237 e. The van der Waals surface area contributed by atoms with Crippen molar-refractivity contribution >= 4 is 33.1 Å². The fraction of sp³-hybridized carbons (Fsp3) is 0.167. The van der Waals surface area contributed by atoms with Crippen molar-refractivity contribution in [3.63, 3.8) is 0 Å². The Morgan fingerprint density at radius 1 is 1.14 bits per heavy atom. The molecule has 0 bridgehead atoms. The van der Waals surface area contributed by atoms with Crippen LogP contribution >= 0.6 is 11.6 Å². The maximum atomic E-state index is 11.8. The molecule has 1 aromatic carbocycles. The lowest BCUT2D eigenvalue weighted by molar-refractivity contribution is 0.341. The zero-order chi connectivity index (χ0) is 15.3. The molecule has 7 nitrogen and oxygen atoms in total. The highest BCUT2D eigenvalue weighted by Gasteiger charge is 2.12. The van der Waals surface area contributed by atoms with Crippen LogP contribution in [0.1, 0.15) is 0 Å². The second kappa shape index (κ2) is 6.59. The van der Waals surface area contributed by atoms with Gasteiger partial charge in [0, 0.05) is 5.69 Å². The number of nitrogens with zero attached hydrogens (tertiary/aromatic N) is 2. The number of hydrogen-bond acceptors (Lipinski definition) is 6. The van der Waals surface area contributed by atoms with E-state index in [0.29, 0.717) is 11.4 Å². The number of nitrogen functional groups attached to an aromatic ring is 1. The summed E-state index contributed by atoms with van der Waals surface area (Å²) in [7, 11) is -3.57. The highest BCUT2D eigenvalue weighted by atomic mass is 35.5. The molecular formula is C12H13ClN4O3S. The summed E-state index contributed by atoms with van der Waals surface area (Å²) in [4.78, 5) is 0. The van der Waals surface area contributed by atoms with E-state index in [1.54, 1.807) is 24.3 Å². The molecule has 0 saturated heterocycles. The molecule has 9 heteroatoms. The van der Waals surface area contributed by atoms with Gasteiger partial charge in [0.05, 0.1) is 0 Å². The Balaban J connectivity index is 1.86. The van der Waals surface area contributed by atoms with Crippen LogP contribution in [0.15, 0.2) is 36.4 Å². The predicted octanol–water partition coefficient (Wildman–Crippen LogP) is 1.53. The van der Waals surface area contributed by atoms with Crippen molar-refractivity contribution in [3.8, 4) is 5.75 Å². The van der Waals surface area contributed by atoms with Crippen LogP contribution in [0.5, 0.6) is 5.75 Å². The first kappa shape index (κ1) is 15.3. The minimum Gasteiger partial charge on any atom is -0.492 e. The largest absolute Gasteiger partial charge is 0.492 e. The van der Waals surface area contributed by atoms with Gasteiger partial charge in [0.2, 0.25) is 10.0 Å². The highest BCUT2D eigenvalue weighted by molar-refractivity contribution is 7.92. The first-order valence-electron chi connectivity index (χ1n) is 5.93. The van der Waals surface area contributed by atoms with Gasteiger partial charge >= 0.3 is 0 Å². The number of sulfonamides is 1. The summed E-state index contributed by atoms with van der Waals surface area (Å²) in [5.74, 6) is 0.430. The minimum atomic E-state index is -3.57. The van der Waals surface area contributed by atoms with Gasteiger partial charge in [-0.2, -0.15) is 0 Å². The fourth-order valence-electron chi connectivity index (χ4n) is 1.41. The van der Waals surface area contributed by atoms with E-state index in [4.69, 9.17) is 22.1 Å². The number of halogens is 1. The molecule has 0 aliphatic carbocycles. The molecular weight excluding hydrogens is 316 g/mol. The predicted molar refractivity (Wildman–Crippen MR) is 80.8 cm³/mol. The molecule has 0 aliphatic rings. The van der Waals surface area contributed by atoms with Gasteiger partial charge in [-0.15, -0.1) is 10.2 Å². The molecule has 0 amide bonds. The normalized spacial score (nSPS) is 11.1. The molecule has 2 rings (SSSR count). The summed E-state index contributed by atoms with van der Waals surface area (Å²) in [5, 5.41) is 7.34.